The summed E-state index contributed by atoms with van der Waals surface area (Å²) in [6.45, 7) is 4.05. The van der Waals surface area contributed by atoms with Crippen LogP contribution in [0.1, 0.15) is 48.9 Å². The number of halogens is 1. The van der Waals surface area contributed by atoms with Gasteiger partial charge in [-0.15, -0.1) is 0 Å². The molecular weight excluding hydrogens is 400 g/mol. The molecule has 1 aliphatic rings. The van der Waals surface area contributed by atoms with Crippen LogP contribution in [0.25, 0.3) is 0 Å². The maximum absolute atomic E-state index is 13.4. The predicted octanol–water partition coefficient (Wildman–Crippen LogP) is 5.65. The fourth-order valence-corrected chi connectivity index (χ4v) is 4.76. The van der Waals surface area contributed by atoms with E-state index < -0.39 is 10.2 Å². The van der Waals surface area contributed by atoms with Gasteiger partial charge in [0.25, 0.3) is 0 Å². The number of benzene rings is 3. The minimum Gasteiger partial charge on any atom is -0.292 e. The summed E-state index contributed by atoms with van der Waals surface area (Å²) >= 11 is 3.64. The third-order valence-corrected chi connectivity index (χ3v) is 6.47. The molecule has 0 saturated carbocycles. The second kappa shape index (κ2) is 6.58. The number of hydrogen-bond acceptors (Lipinski definition) is 2. The van der Waals surface area contributed by atoms with Crippen LogP contribution in [0.5, 0.6) is 0 Å². The van der Waals surface area contributed by atoms with E-state index in [-0.39, 0.29) is 11.6 Å². The number of carbonyl (C=O) groups excluding carboxylic acids is 2. The van der Waals surface area contributed by atoms with Gasteiger partial charge in [-0.3, -0.25) is 9.59 Å². The van der Waals surface area contributed by atoms with E-state index in [4.69, 9.17) is 0 Å². The van der Waals surface area contributed by atoms with Crippen LogP contribution in [0.15, 0.2) is 72.8 Å². The summed E-state index contributed by atoms with van der Waals surface area (Å²) in [5.74, 6) is -0.755. The van der Waals surface area contributed by atoms with E-state index >= 15 is 0 Å². The predicted molar refractivity (Wildman–Crippen MR) is 111 cm³/mol. The highest BCUT2D eigenvalue weighted by atomic mass is 79.9. The Kier molecular flexibility index (Phi) is 4.35. The Morgan fingerprint density at radius 3 is 1.41 bits per heavy atom. The zero-order valence-corrected chi connectivity index (χ0v) is 16.8. The summed E-state index contributed by atoms with van der Waals surface area (Å²) < 4.78 is -1.33. The number of Topliss-reactive ketones (excluding diaryl/α,β-unsaturated/α-hetero) is 2. The second-order valence-corrected chi connectivity index (χ2v) is 8.42. The number of alkyl halides is 1. The lowest BCUT2D eigenvalue weighted by atomic mass is 9.77. The van der Waals surface area contributed by atoms with Crippen molar-refractivity contribution in [3.8, 4) is 0 Å². The largest absolute Gasteiger partial charge is 0.292 e. The van der Waals surface area contributed by atoms with Gasteiger partial charge in [0.15, 0.2) is 15.9 Å². The van der Waals surface area contributed by atoms with Gasteiger partial charge >= 0.3 is 0 Å². The van der Waals surface area contributed by atoms with Gasteiger partial charge < -0.3 is 0 Å². The first-order valence-corrected chi connectivity index (χ1v) is 9.73. The zero-order valence-electron chi connectivity index (χ0n) is 15.2. The Balaban J connectivity index is 1.94. The van der Waals surface area contributed by atoms with Crippen LogP contribution in [0.4, 0.5) is 0 Å². The molecule has 0 saturated heterocycles. The highest BCUT2D eigenvalue weighted by Crippen LogP contribution is 2.49. The highest BCUT2D eigenvalue weighted by Gasteiger charge is 2.56. The van der Waals surface area contributed by atoms with E-state index in [0.717, 1.165) is 22.3 Å². The topological polar surface area (TPSA) is 34.1 Å². The van der Waals surface area contributed by atoms with Crippen LogP contribution in [0, 0.1) is 13.8 Å². The smallest absolute Gasteiger partial charge is 0.189 e. The Hall–Kier alpha value is -2.52. The van der Waals surface area contributed by atoms with E-state index in [9.17, 15) is 9.59 Å². The monoisotopic (exact) mass is 418 g/mol. The molecule has 0 aromatic heterocycles. The molecule has 0 spiro atoms. The molecule has 0 N–H and O–H groups in total. The fourth-order valence-electron chi connectivity index (χ4n) is 3.81. The quantitative estimate of drug-likeness (QED) is 0.406. The van der Waals surface area contributed by atoms with Crippen molar-refractivity contribution in [2.24, 2.45) is 0 Å². The molecule has 0 atom stereocenters. The van der Waals surface area contributed by atoms with Crippen molar-refractivity contribution in [1.82, 2.24) is 0 Å². The van der Waals surface area contributed by atoms with Gasteiger partial charge in [0.1, 0.15) is 0 Å². The van der Waals surface area contributed by atoms with Crippen molar-refractivity contribution in [1.29, 1.82) is 0 Å². The van der Waals surface area contributed by atoms with Crippen LogP contribution in [-0.4, -0.2) is 15.9 Å². The SMILES string of the molecule is Cc1ccc(C(c2ccc(C)cc2)C2(Br)C(=O)c3ccccc3C2=O)cc1. The summed E-state index contributed by atoms with van der Waals surface area (Å²) in [6.07, 6.45) is 0. The van der Waals surface area contributed by atoms with Crippen molar-refractivity contribution in [2.75, 3.05) is 0 Å². The molecular formula is C24H19BrO2. The molecule has 0 amide bonds. The maximum Gasteiger partial charge on any atom is 0.189 e. The molecule has 3 aromatic rings. The molecule has 0 fully saturated rings. The van der Waals surface area contributed by atoms with Gasteiger partial charge in [-0.25, -0.2) is 0 Å². The molecule has 0 radical (unpaired) electrons. The molecule has 2 nitrogen and oxygen atoms in total. The Bertz CT molecular complexity index is 952. The average Bonchev–Trinajstić information content (AvgIpc) is 2.87. The lowest BCUT2D eigenvalue weighted by molar-refractivity contribution is 0.0861. The van der Waals surface area contributed by atoms with Crippen molar-refractivity contribution < 1.29 is 9.59 Å². The number of rotatable bonds is 3. The minimum atomic E-state index is -1.33. The molecule has 0 aliphatic heterocycles. The summed E-state index contributed by atoms with van der Waals surface area (Å²) in [6, 6.07) is 23.2. The molecule has 4 rings (SSSR count). The van der Waals surface area contributed by atoms with E-state index in [2.05, 4.69) is 15.9 Å². The number of hydrogen-bond donors (Lipinski definition) is 0. The minimum absolute atomic E-state index is 0.172. The Morgan fingerprint density at radius 2 is 1.04 bits per heavy atom. The number of aryl methyl sites for hydroxylation is 2. The summed E-state index contributed by atoms with van der Waals surface area (Å²) in [5.41, 5.74) is 5.13. The lowest BCUT2D eigenvalue weighted by Crippen LogP contribution is -2.41. The van der Waals surface area contributed by atoms with Crippen molar-refractivity contribution >= 4 is 27.5 Å². The summed E-state index contributed by atoms with van der Waals surface area (Å²) in [7, 11) is 0. The molecule has 0 unspecified atom stereocenters. The first-order chi connectivity index (χ1) is 12.9. The molecule has 3 heteroatoms. The highest BCUT2D eigenvalue weighted by molar-refractivity contribution is 9.10. The van der Waals surface area contributed by atoms with Gasteiger partial charge in [-0.2, -0.15) is 0 Å². The molecule has 0 heterocycles. The fraction of sp³-hybridized carbons (Fsp3) is 0.167. The summed E-state index contributed by atoms with van der Waals surface area (Å²) in [5, 5.41) is 0. The zero-order chi connectivity index (χ0) is 19.2. The van der Waals surface area contributed by atoms with Gasteiger partial charge in [-0.1, -0.05) is 99.9 Å². The molecule has 27 heavy (non-hydrogen) atoms. The Morgan fingerprint density at radius 1 is 0.667 bits per heavy atom. The summed E-state index contributed by atoms with van der Waals surface area (Å²) in [4.78, 5) is 26.8. The molecule has 134 valence electrons. The van der Waals surface area contributed by atoms with Gasteiger partial charge in [0, 0.05) is 17.0 Å². The molecule has 1 aliphatic carbocycles. The van der Waals surface area contributed by atoms with Crippen LogP contribution < -0.4 is 0 Å². The number of ketones is 2. The average molecular weight is 419 g/mol. The molecule has 0 bridgehead atoms. The van der Waals surface area contributed by atoms with E-state index in [1.54, 1.807) is 24.3 Å². The first-order valence-electron chi connectivity index (χ1n) is 8.93. The van der Waals surface area contributed by atoms with Crippen molar-refractivity contribution in [2.45, 2.75) is 24.1 Å². The first kappa shape index (κ1) is 17.9. The van der Waals surface area contributed by atoms with Gasteiger partial charge in [0.2, 0.25) is 0 Å². The lowest BCUT2D eigenvalue weighted by Gasteiger charge is -2.30. The van der Waals surface area contributed by atoms with Gasteiger partial charge in [0.05, 0.1) is 0 Å². The third-order valence-electron chi connectivity index (χ3n) is 5.30. The van der Waals surface area contributed by atoms with E-state index in [1.165, 1.54) is 0 Å². The number of fused-ring (bicyclic) bond motifs is 1. The third kappa shape index (κ3) is 2.78. The van der Waals surface area contributed by atoms with Gasteiger partial charge in [-0.05, 0) is 25.0 Å². The van der Waals surface area contributed by atoms with Crippen LogP contribution >= 0.6 is 15.9 Å². The van der Waals surface area contributed by atoms with Crippen molar-refractivity contribution in [3.05, 3.63) is 106 Å². The normalized spacial score (nSPS) is 15.3. The van der Waals surface area contributed by atoms with E-state index in [1.807, 2.05) is 62.4 Å². The van der Waals surface area contributed by atoms with E-state index in [0.29, 0.717) is 11.1 Å². The van der Waals surface area contributed by atoms with Crippen LogP contribution in [-0.2, 0) is 0 Å². The van der Waals surface area contributed by atoms with Crippen LogP contribution in [0.2, 0.25) is 0 Å². The standard InChI is InChI=1S/C24H19BrO2/c1-15-7-11-17(12-8-15)21(18-13-9-16(2)10-14-18)24(25)22(26)19-5-3-4-6-20(19)23(24)27/h3-14,21H,1-2H3. The molecule has 3 aromatic carbocycles. The Labute approximate surface area is 167 Å². The van der Waals surface area contributed by atoms with Crippen LogP contribution in [0.3, 0.4) is 0 Å². The maximum atomic E-state index is 13.4. The number of carbonyl (C=O) groups is 2. The second-order valence-electron chi connectivity index (χ2n) is 7.17. The van der Waals surface area contributed by atoms with Crippen molar-refractivity contribution in [3.63, 3.8) is 0 Å².